The Morgan fingerprint density at radius 1 is 1.24 bits per heavy atom. The zero-order valence-electron chi connectivity index (χ0n) is 14.3. The van der Waals surface area contributed by atoms with Gasteiger partial charge in [-0.3, -0.25) is 4.90 Å². The molecule has 0 radical (unpaired) electrons. The first kappa shape index (κ1) is 22.5. The maximum Gasteiger partial charge on any atom is 0.416 e. The minimum atomic E-state index is -4.55. The summed E-state index contributed by atoms with van der Waals surface area (Å²) in [4.78, 5) is 2.06. The van der Waals surface area contributed by atoms with Gasteiger partial charge < -0.3 is 5.32 Å². The van der Waals surface area contributed by atoms with Crippen LogP contribution in [0.15, 0.2) is 12.1 Å². The Hall–Kier alpha value is -0.560. The topological polar surface area (TPSA) is 15.3 Å². The van der Waals surface area contributed by atoms with Crippen LogP contribution >= 0.6 is 24.0 Å². The number of rotatable bonds is 5. The van der Waals surface area contributed by atoms with Crippen molar-refractivity contribution >= 4 is 24.0 Å². The number of nitrogens with one attached hydrogen (secondary N) is 1. The van der Waals surface area contributed by atoms with E-state index in [1.807, 2.05) is 13.8 Å². The van der Waals surface area contributed by atoms with E-state index in [-0.39, 0.29) is 23.9 Å². The van der Waals surface area contributed by atoms with Crippen molar-refractivity contribution in [1.82, 2.24) is 10.2 Å². The number of halogens is 6. The summed E-state index contributed by atoms with van der Waals surface area (Å²) < 4.78 is 54.0. The monoisotopic (exact) mass is 402 g/mol. The normalized spacial score (nSPS) is 18.5. The average Bonchev–Trinajstić information content (AvgIpc) is 2.52. The zero-order chi connectivity index (χ0) is 17.9. The molecule has 25 heavy (non-hydrogen) atoms. The van der Waals surface area contributed by atoms with Gasteiger partial charge in [0.2, 0.25) is 0 Å². The first-order valence-corrected chi connectivity index (χ1v) is 8.64. The van der Waals surface area contributed by atoms with Crippen molar-refractivity contribution in [2.24, 2.45) is 5.92 Å². The fourth-order valence-corrected chi connectivity index (χ4v) is 3.65. The minimum Gasteiger partial charge on any atom is -0.314 e. The molecule has 1 aliphatic rings. The second kappa shape index (κ2) is 9.40. The van der Waals surface area contributed by atoms with E-state index in [4.69, 9.17) is 11.6 Å². The summed E-state index contributed by atoms with van der Waals surface area (Å²) in [6.45, 7) is 6.80. The van der Waals surface area contributed by atoms with E-state index in [2.05, 4.69) is 10.2 Å². The van der Waals surface area contributed by atoms with E-state index in [1.54, 1.807) is 0 Å². The number of piperazine rings is 1. The quantitative estimate of drug-likeness (QED) is 0.671. The molecule has 1 N–H and O–H groups in total. The highest BCUT2D eigenvalue weighted by Crippen LogP contribution is 2.39. The van der Waals surface area contributed by atoms with Gasteiger partial charge in [-0.05, 0) is 24.5 Å². The Morgan fingerprint density at radius 2 is 1.84 bits per heavy atom. The van der Waals surface area contributed by atoms with Crippen molar-refractivity contribution < 1.29 is 17.6 Å². The molecule has 0 bridgehead atoms. The third-order valence-electron chi connectivity index (χ3n) is 4.53. The summed E-state index contributed by atoms with van der Waals surface area (Å²) >= 11 is 5.78. The van der Waals surface area contributed by atoms with Crippen molar-refractivity contribution in [3.05, 3.63) is 34.1 Å². The first-order valence-electron chi connectivity index (χ1n) is 8.26. The highest BCUT2D eigenvalue weighted by molar-refractivity contribution is 6.30. The van der Waals surface area contributed by atoms with Gasteiger partial charge in [-0.15, -0.1) is 12.4 Å². The van der Waals surface area contributed by atoms with Crippen LogP contribution in [0.25, 0.3) is 0 Å². The van der Waals surface area contributed by atoms with Gasteiger partial charge in [-0.2, -0.15) is 13.2 Å². The molecule has 2 atom stereocenters. The molecule has 0 saturated carbocycles. The van der Waals surface area contributed by atoms with Crippen LogP contribution in [0.2, 0.25) is 5.02 Å². The molecule has 2 rings (SSSR count). The predicted octanol–water partition coefficient (Wildman–Crippen LogP) is 5.30. The largest absolute Gasteiger partial charge is 0.416 e. The number of alkyl halides is 3. The van der Waals surface area contributed by atoms with Gasteiger partial charge in [0.1, 0.15) is 5.82 Å². The molecular formula is C17H24Cl2F4N2. The Bertz CT molecular complexity index is 560. The Kier molecular flexibility index (Phi) is 8.45. The first-order chi connectivity index (χ1) is 11.3. The van der Waals surface area contributed by atoms with E-state index < -0.39 is 28.6 Å². The second-order valence-corrected chi connectivity index (χ2v) is 6.76. The lowest BCUT2D eigenvalue weighted by molar-refractivity contribution is -0.137. The van der Waals surface area contributed by atoms with Crippen LogP contribution in [0.1, 0.15) is 43.9 Å². The minimum absolute atomic E-state index is 0. The number of nitrogens with zero attached hydrogens (tertiary/aromatic N) is 1. The lowest BCUT2D eigenvalue weighted by Crippen LogP contribution is -2.47. The molecule has 1 aromatic carbocycles. The van der Waals surface area contributed by atoms with E-state index >= 15 is 0 Å². The molecule has 8 heteroatoms. The van der Waals surface area contributed by atoms with Crippen LogP contribution in [0.3, 0.4) is 0 Å². The van der Waals surface area contributed by atoms with E-state index in [9.17, 15) is 17.6 Å². The lowest BCUT2D eigenvalue weighted by atomic mass is 9.88. The Labute approximate surface area is 157 Å². The molecule has 2 nitrogen and oxygen atoms in total. The highest BCUT2D eigenvalue weighted by Gasteiger charge is 2.36. The predicted molar refractivity (Wildman–Crippen MR) is 94.9 cm³/mol. The molecule has 0 spiro atoms. The zero-order valence-corrected chi connectivity index (χ0v) is 15.9. The summed E-state index contributed by atoms with van der Waals surface area (Å²) in [7, 11) is 0. The van der Waals surface area contributed by atoms with Crippen LogP contribution in [0.5, 0.6) is 0 Å². The molecule has 0 aromatic heterocycles. The van der Waals surface area contributed by atoms with Gasteiger partial charge >= 0.3 is 6.18 Å². The van der Waals surface area contributed by atoms with Crippen molar-refractivity contribution in [3.63, 3.8) is 0 Å². The number of hydrogen-bond acceptors (Lipinski definition) is 2. The van der Waals surface area contributed by atoms with E-state index in [0.717, 1.165) is 32.0 Å². The summed E-state index contributed by atoms with van der Waals surface area (Å²) in [5.74, 6) is -0.710. The van der Waals surface area contributed by atoms with Gasteiger partial charge in [0.25, 0.3) is 0 Å². The molecule has 0 amide bonds. The van der Waals surface area contributed by atoms with E-state index in [0.29, 0.717) is 19.2 Å². The van der Waals surface area contributed by atoms with Crippen LogP contribution in [0.4, 0.5) is 17.6 Å². The average molecular weight is 403 g/mol. The maximum absolute atomic E-state index is 14.6. The van der Waals surface area contributed by atoms with Crippen molar-refractivity contribution in [2.45, 2.75) is 38.9 Å². The van der Waals surface area contributed by atoms with E-state index in [1.165, 1.54) is 0 Å². The third kappa shape index (κ3) is 5.46. The van der Waals surface area contributed by atoms with Gasteiger partial charge in [-0.25, -0.2) is 4.39 Å². The number of benzene rings is 1. The van der Waals surface area contributed by atoms with Crippen molar-refractivity contribution in [3.8, 4) is 0 Å². The smallest absolute Gasteiger partial charge is 0.314 e. The Balaban J connectivity index is 0.00000312. The van der Waals surface area contributed by atoms with Crippen LogP contribution in [-0.2, 0) is 6.18 Å². The Morgan fingerprint density at radius 3 is 2.36 bits per heavy atom. The summed E-state index contributed by atoms with van der Waals surface area (Å²) in [6, 6.07) is 1.19. The standard InChI is InChI=1S/C17H23ClF4N2.ClH/c1-3-4-11(2)16(24-7-5-23-6-8-24)13-9-12(17(20,21)22)10-14(18)15(13)19;/h9-11,16,23H,3-8H2,1-2H3;1H/t11?,16-;/m0./s1. The van der Waals surface area contributed by atoms with Crippen molar-refractivity contribution in [2.75, 3.05) is 26.2 Å². The highest BCUT2D eigenvalue weighted by atomic mass is 35.5. The fourth-order valence-electron chi connectivity index (χ4n) is 3.43. The maximum atomic E-state index is 14.6. The summed E-state index contributed by atoms with van der Waals surface area (Å²) in [5.41, 5.74) is -0.842. The fraction of sp³-hybridized carbons (Fsp3) is 0.647. The van der Waals surface area contributed by atoms with Gasteiger partial charge in [0.15, 0.2) is 0 Å². The third-order valence-corrected chi connectivity index (χ3v) is 4.81. The molecule has 1 aromatic rings. The molecule has 0 aliphatic carbocycles. The SMILES string of the molecule is CCCC(C)[C@@H](c1cc(C(F)(F)F)cc(Cl)c1F)N1CCNCC1.Cl. The molecular weight excluding hydrogens is 379 g/mol. The molecule has 1 fully saturated rings. The van der Waals surface area contributed by atoms with Gasteiger partial charge in [0.05, 0.1) is 10.6 Å². The van der Waals surface area contributed by atoms with Crippen LogP contribution < -0.4 is 5.32 Å². The van der Waals surface area contributed by atoms with Gasteiger partial charge in [-0.1, -0.05) is 31.9 Å². The molecule has 1 heterocycles. The number of hydrogen-bond donors (Lipinski definition) is 1. The molecule has 1 unspecified atom stereocenters. The van der Waals surface area contributed by atoms with Gasteiger partial charge in [0, 0.05) is 37.8 Å². The van der Waals surface area contributed by atoms with Crippen LogP contribution in [-0.4, -0.2) is 31.1 Å². The van der Waals surface area contributed by atoms with Crippen molar-refractivity contribution in [1.29, 1.82) is 0 Å². The molecule has 1 saturated heterocycles. The molecule has 144 valence electrons. The summed E-state index contributed by atoms with van der Waals surface area (Å²) in [5, 5.41) is 2.74. The van der Waals surface area contributed by atoms with Crippen LogP contribution in [0, 0.1) is 11.7 Å². The summed E-state index contributed by atoms with van der Waals surface area (Å²) in [6.07, 6.45) is -2.85. The second-order valence-electron chi connectivity index (χ2n) is 6.36. The lowest BCUT2D eigenvalue weighted by Gasteiger charge is -2.39. The molecule has 1 aliphatic heterocycles.